The number of likely N-dealkylation sites (tertiary alicyclic amines) is 1. The molecule has 2 atom stereocenters. The number of carbonyl (C=O) groups excluding carboxylic acids is 2. The summed E-state index contributed by atoms with van der Waals surface area (Å²) in [6.45, 7) is 3.99. The molecule has 0 aromatic heterocycles. The van der Waals surface area contributed by atoms with Crippen molar-refractivity contribution in [2.75, 3.05) is 26.7 Å². The fourth-order valence-corrected chi connectivity index (χ4v) is 6.56. The van der Waals surface area contributed by atoms with E-state index >= 15 is 0 Å². The molecule has 1 saturated heterocycles. The highest BCUT2D eigenvalue weighted by molar-refractivity contribution is 6.31. The highest BCUT2D eigenvalue weighted by Gasteiger charge is 2.62. The molecule has 2 aliphatic rings. The molecular formula is C32H34ClF2N3O2. The predicted octanol–water partition coefficient (Wildman–Crippen LogP) is 5.66. The molecular weight excluding hydrogens is 532 g/mol. The van der Waals surface area contributed by atoms with E-state index < -0.39 is 22.6 Å². The zero-order valence-electron chi connectivity index (χ0n) is 22.8. The monoisotopic (exact) mass is 565 g/mol. The van der Waals surface area contributed by atoms with Gasteiger partial charge in [0.15, 0.2) is 11.6 Å². The maximum absolute atomic E-state index is 14.4. The first-order chi connectivity index (χ1) is 19.1. The van der Waals surface area contributed by atoms with E-state index in [1.165, 1.54) is 12.1 Å². The van der Waals surface area contributed by atoms with E-state index in [-0.39, 0.29) is 17.7 Å². The van der Waals surface area contributed by atoms with Crippen LogP contribution in [-0.4, -0.2) is 48.3 Å². The molecule has 5 rings (SSSR count). The summed E-state index contributed by atoms with van der Waals surface area (Å²) in [6, 6.07) is 21.2. The third kappa shape index (κ3) is 5.50. The maximum Gasteiger partial charge on any atom is 0.233 e. The molecule has 1 N–H and O–H groups in total. The lowest BCUT2D eigenvalue weighted by Crippen LogP contribution is -2.53. The van der Waals surface area contributed by atoms with Crippen LogP contribution < -0.4 is 5.32 Å². The fourth-order valence-electron chi connectivity index (χ4n) is 6.37. The van der Waals surface area contributed by atoms with Crippen molar-refractivity contribution in [2.45, 2.75) is 43.7 Å². The van der Waals surface area contributed by atoms with E-state index in [4.69, 9.17) is 11.6 Å². The molecule has 0 radical (unpaired) electrons. The van der Waals surface area contributed by atoms with Gasteiger partial charge in [0, 0.05) is 45.2 Å². The summed E-state index contributed by atoms with van der Waals surface area (Å²) in [5, 5.41) is 3.78. The highest BCUT2D eigenvalue weighted by atomic mass is 35.5. The predicted molar refractivity (Wildman–Crippen MR) is 152 cm³/mol. The van der Waals surface area contributed by atoms with Crippen LogP contribution in [0.25, 0.3) is 0 Å². The van der Waals surface area contributed by atoms with E-state index in [1.807, 2.05) is 48.5 Å². The Labute approximate surface area is 239 Å². The Morgan fingerprint density at radius 1 is 0.975 bits per heavy atom. The fraction of sp³-hybridized carbons (Fsp3) is 0.375. The molecule has 3 aromatic rings. The summed E-state index contributed by atoms with van der Waals surface area (Å²) >= 11 is 6.35. The van der Waals surface area contributed by atoms with Gasteiger partial charge in [0.05, 0.1) is 11.0 Å². The quantitative estimate of drug-likeness (QED) is 0.383. The van der Waals surface area contributed by atoms with E-state index in [0.29, 0.717) is 30.1 Å². The molecule has 1 saturated carbocycles. The Morgan fingerprint density at radius 3 is 2.30 bits per heavy atom. The van der Waals surface area contributed by atoms with Gasteiger partial charge < -0.3 is 15.1 Å². The lowest BCUT2D eigenvalue weighted by atomic mass is 9.80. The van der Waals surface area contributed by atoms with Crippen LogP contribution in [0.4, 0.5) is 8.78 Å². The third-order valence-electron chi connectivity index (χ3n) is 8.56. The molecule has 3 aromatic carbocycles. The van der Waals surface area contributed by atoms with Crippen LogP contribution in [0, 0.1) is 17.6 Å². The van der Waals surface area contributed by atoms with Crippen LogP contribution in [0.2, 0.25) is 5.02 Å². The second-order valence-electron chi connectivity index (χ2n) is 11.2. The van der Waals surface area contributed by atoms with Gasteiger partial charge in [-0.25, -0.2) is 8.78 Å². The maximum atomic E-state index is 14.4. The molecule has 210 valence electrons. The number of hydrogen-bond donors (Lipinski definition) is 1. The van der Waals surface area contributed by atoms with Gasteiger partial charge in [0.25, 0.3) is 0 Å². The Balaban J connectivity index is 1.35. The Hall–Kier alpha value is -3.29. The Bertz CT molecular complexity index is 1390. The topological polar surface area (TPSA) is 52.7 Å². The first-order valence-electron chi connectivity index (χ1n) is 13.7. The van der Waals surface area contributed by atoms with Crippen LogP contribution in [0.3, 0.4) is 0 Å². The van der Waals surface area contributed by atoms with Crippen molar-refractivity contribution >= 4 is 23.4 Å². The van der Waals surface area contributed by atoms with Crippen LogP contribution >= 0.6 is 11.6 Å². The van der Waals surface area contributed by atoms with Crippen molar-refractivity contribution < 1.29 is 18.4 Å². The van der Waals surface area contributed by atoms with E-state index in [0.717, 1.165) is 43.1 Å². The van der Waals surface area contributed by atoms with Crippen molar-refractivity contribution in [3.63, 3.8) is 0 Å². The lowest BCUT2D eigenvalue weighted by Gasteiger charge is -2.43. The first-order valence-corrected chi connectivity index (χ1v) is 14.0. The zero-order chi connectivity index (χ0) is 28.5. The van der Waals surface area contributed by atoms with Gasteiger partial charge in [-0.05, 0) is 60.1 Å². The number of halogens is 3. The minimum atomic E-state index is -0.954. The van der Waals surface area contributed by atoms with Gasteiger partial charge in [-0.2, -0.15) is 0 Å². The lowest BCUT2D eigenvalue weighted by molar-refractivity contribution is -0.133. The summed E-state index contributed by atoms with van der Waals surface area (Å²) in [4.78, 5) is 30.1. The highest BCUT2D eigenvalue weighted by Crippen LogP contribution is 2.56. The molecule has 1 heterocycles. The summed E-state index contributed by atoms with van der Waals surface area (Å²) < 4.78 is 28.2. The van der Waals surface area contributed by atoms with Crippen molar-refractivity contribution in [1.82, 2.24) is 15.1 Å². The average Bonchev–Trinajstić information content (AvgIpc) is 3.67. The zero-order valence-corrected chi connectivity index (χ0v) is 23.6. The average molecular weight is 566 g/mol. The first kappa shape index (κ1) is 28.2. The molecule has 0 unspecified atom stereocenters. The summed E-state index contributed by atoms with van der Waals surface area (Å²) in [5.41, 5.74) is 1.04. The molecule has 40 heavy (non-hydrogen) atoms. The summed E-state index contributed by atoms with van der Waals surface area (Å²) in [6.07, 6.45) is 2.03. The third-order valence-corrected chi connectivity index (χ3v) is 8.93. The van der Waals surface area contributed by atoms with E-state index in [9.17, 15) is 18.4 Å². The number of carbonyl (C=O) groups is 2. The summed E-state index contributed by atoms with van der Waals surface area (Å²) in [5.74, 6) is -2.13. The number of piperidine rings is 1. The van der Waals surface area contributed by atoms with E-state index in [1.54, 1.807) is 24.9 Å². The molecule has 5 nitrogen and oxygen atoms in total. The van der Waals surface area contributed by atoms with Crippen LogP contribution in [0.15, 0.2) is 72.8 Å². The summed E-state index contributed by atoms with van der Waals surface area (Å²) in [7, 11) is 1.73. The largest absolute Gasteiger partial charge is 0.347 e. The molecule has 0 spiro atoms. The van der Waals surface area contributed by atoms with Gasteiger partial charge in [-0.15, -0.1) is 0 Å². The second kappa shape index (κ2) is 11.3. The number of amides is 2. The molecule has 8 heteroatoms. The molecule has 2 fully saturated rings. The van der Waals surface area contributed by atoms with Crippen molar-refractivity contribution in [2.24, 2.45) is 5.92 Å². The standard InChI is InChI=1S/C32H34ClF2N3O2/c1-22(39)36-31(24-9-4-3-5-10-24)14-16-38(17-15-31)21-26-19-32(26,25-12-13-28(34)29(35)18-25)30(40)37(2)20-23-8-6-7-11-27(23)33/h3-13,18,26H,14-17,19-21H2,1-2H3,(H,36,39)/t26-,32+/m0/s1. The number of nitrogens with one attached hydrogen (secondary N) is 1. The normalized spacial score (nSPS) is 22.0. The number of likely N-dealkylation sites (N-methyl/N-ethyl adjacent to an activating group) is 1. The van der Waals surface area contributed by atoms with Crippen LogP contribution in [0.1, 0.15) is 42.9 Å². The van der Waals surface area contributed by atoms with Gasteiger partial charge in [-0.1, -0.05) is 66.2 Å². The number of hydrogen-bond acceptors (Lipinski definition) is 3. The minimum absolute atomic E-state index is 0.0523. The Kier molecular flexibility index (Phi) is 7.98. The molecule has 2 amide bonds. The molecule has 1 aliphatic heterocycles. The number of rotatable bonds is 8. The van der Waals surface area contributed by atoms with Crippen LogP contribution in [-0.2, 0) is 27.1 Å². The minimum Gasteiger partial charge on any atom is -0.347 e. The van der Waals surface area contributed by atoms with Crippen molar-refractivity contribution in [1.29, 1.82) is 0 Å². The van der Waals surface area contributed by atoms with Gasteiger partial charge in [0.2, 0.25) is 11.8 Å². The Morgan fingerprint density at radius 2 is 1.65 bits per heavy atom. The van der Waals surface area contributed by atoms with Gasteiger partial charge >= 0.3 is 0 Å². The molecule has 1 aliphatic carbocycles. The smallest absolute Gasteiger partial charge is 0.233 e. The number of benzene rings is 3. The second-order valence-corrected chi connectivity index (χ2v) is 11.6. The van der Waals surface area contributed by atoms with E-state index in [2.05, 4.69) is 10.2 Å². The molecule has 0 bridgehead atoms. The van der Waals surface area contributed by atoms with Gasteiger partial charge in [-0.3, -0.25) is 9.59 Å². The van der Waals surface area contributed by atoms with Crippen molar-refractivity contribution in [3.05, 3.63) is 106 Å². The van der Waals surface area contributed by atoms with Crippen LogP contribution in [0.5, 0.6) is 0 Å². The number of nitrogens with zero attached hydrogens (tertiary/aromatic N) is 2. The van der Waals surface area contributed by atoms with Crippen molar-refractivity contribution in [3.8, 4) is 0 Å². The van der Waals surface area contributed by atoms with Gasteiger partial charge in [0.1, 0.15) is 0 Å². The SMILES string of the molecule is CC(=O)NC1(c2ccccc2)CCN(C[C@@H]2C[C@@]2(C(=O)N(C)Cc2ccccc2Cl)c2ccc(F)c(F)c2)CC1.